The van der Waals surface area contributed by atoms with E-state index < -0.39 is 0 Å². The van der Waals surface area contributed by atoms with Crippen LogP contribution in [-0.4, -0.2) is 30.4 Å². The highest BCUT2D eigenvalue weighted by atomic mass is 16.2. The van der Waals surface area contributed by atoms with Crippen LogP contribution in [0.5, 0.6) is 0 Å². The Labute approximate surface area is 83.3 Å². The van der Waals surface area contributed by atoms with Crippen LogP contribution in [0.3, 0.4) is 0 Å². The minimum atomic E-state index is 0.0753. The molecule has 2 rings (SSSR count). The second-order valence-corrected chi connectivity index (χ2v) is 3.52. The number of fused-ring (bicyclic) bond motifs is 1. The van der Waals surface area contributed by atoms with Gasteiger partial charge in [0.1, 0.15) is 0 Å². The average molecular weight is 189 g/mol. The summed E-state index contributed by atoms with van der Waals surface area (Å²) in [7, 11) is 1.99. The number of rotatable bonds is 0. The van der Waals surface area contributed by atoms with Crippen LogP contribution in [-0.2, 0) is 4.79 Å². The predicted molar refractivity (Wildman–Crippen MR) is 55.8 cm³/mol. The lowest BCUT2D eigenvalue weighted by Crippen LogP contribution is -2.36. The summed E-state index contributed by atoms with van der Waals surface area (Å²) in [6.45, 7) is 2.21. The Bertz CT molecular complexity index is 410. The van der Waals surface area contributed by atoms with Crippen LogP contribution in [0.2, 0.25) is 0 Å². The van der Waals surface area contributed by atoms with Gasteiger partial charge in [-0.05, 0) is 12.1 Å². The van der Waals surface area contributed by atoms with E-state index in [0.717, 1.165) is 5.56 Å². The second kappa shape index (κ2) is 3.25. The number of hydrogen-bond donors (Lipinski definition) is 0. The minimum Gasteiger partial charge on any atom is -0.319 e. The van der Waals surface area contributed by atoms with Gasteiger partial charge in [0.15, 0.2) is 6.21 Å². The highest BCUT2D eigenvalue weighted by Gasteiger charge is 2.22. The zero-order chi connectivity index (χ0) is 10.1. The number of benzene rings is 1. The molecule has 0 atom stereocenters. The van der Waals surface area contributed by atoms with Gasteiger partial charge in [-0.25, -0.2) is 4.79 Å². The highest BCUT2D eigenvalue weighted by molar-refractivity contribution is 5.89. The van der Waals surface area contributed by atoms with Crippen LogP contribution >= 0.6 is 0 Å². The van der Waals surface area contributed by atoms with Gasteiger partial charge in [-0.3, -0.25) is 0 Å². The van der Waals surface area contributed by atoms with E-state index in [4.69, 9.17) is 0 Å². The fourth-order valence-corrected chi connectivity index (χ4v) is 1.65. The normalized spacial score (nSPS) is 14.7. The number of hydrogen-bond acceptors (Lipinski definition) is 2. The van der Waals surface area contributed by atoms with E-state index in [9.17, 15) is 4.79 Å². The first kappa shape index (κ1) is 8.94. The van der Waals surface area contributed by atoms with Gasteiger partial charge < -0.3 is 4.90 Å². The summed E-state index contributed by atoms with van der Waals surface area (Å²) in [6, 6.07) is 8.06. The molecule has 3 nitrogen and oxygen atoms in total. The lowest BCUT2D eigenvalue weighted by molar-refractivity contribution is -0.442. The van der Waals surface area contributed by atoms with E-state index >= 15 is 0 Å². The summed E-state index contributed by atoms with van der Waals surface area (Å²) in [4.78, 5) is 13.3. The van der Waals surface area contributed by atoms with Crippen molar-refractivity contribution in [2.24, 2.45) is 0 Å². The molecule has 0 N–H and O–H groups in total. The molecule has 0 aliphatic carbocycles. The molecule has 72 valence electrons. The molecule has 0 spiro atoms. The first-order valence-electron chi connectivity index (χ1n) is 4.61. The summed E-state index contributed by atoms with van der Waals surface area (Å²) >= 11 is 0. The van der Waals surface area contributed by atoms with Crippen molar-refractivity contribution in [2.75, 3.05) is 18.6 Å². The lowest BCUT2D eigenvalue weighted by Gasteiger charge is -2.21. The van der Waals surface area contributed by atoms with Crippen molar-refractivity contribution in [3.05, 3.63) is 29.8 Å². The van der Waals surface area contributed by atoms with Crippen LogP contribution < -0.4 is 4.90 Å². The molecule has 0 unspecified atom stereocenters. The maximum absolute atomic E-state index is 11.2. The van der Waals surface area contributed by atoms with Crippen LogP contribution in [0.15, 0.2) is 24.3 Å². The Balaban J connectivity index is 2.50. The van der Waals surface area contributed by atoms with E-state index in [2.05, 4.69) is 11.0 Å². The fourth-order valence-electron chi connectivity index (χ4n) is 1.65. The molecule has 0 radical (unpaired) electrons. The van der Waals surface area contributed by atoms with Gasteiger partial charge in [0.05, 0.1) is 18.2 Å². The Morgan fingerprint density at radius 1 is 1.43 bits per heavy atom. The van der Waals surface area contributed by atoms with Crippen molar-refractivity contribution >= 4 is 17.8 Å². The largest absolute Gasteiger partial charge is 0.385 e. The van der Waals surface area contributed by atoms with Crippen LogP contribution in [0.1, 0.15) is 12.5 Å². The molecule has 1 aliphatic rings. The molecule has 0 aromatic heterocycles. The molecule has 3 heteroatoms. The van der Waals surface area contributed by atoms with Crippen LogP contribution in [0, 0.1) is 0 Å². The first-order valence-corrected chi connectivity index (χ1v) is 4.61. The molecule has 0 saturated heterocycles. The van der Waals surface area contributed by atoms with Crippen molar-refractivity contribution in [2.45, 2.75) is 6.92 Å². The molecule has 0 bridgehead atoms. The number of nitrogens with zero attached hydrogens (tertiary/aromatic N) is 2. The zero-order valence-corrected chi connectivity index (χ0v) is 8.40. The van der Waals surface area contributed by atoms with Gasteiger partial charge in [0.25, 0.3) is 0 Å². The molecule has 1 aromatic carbocycles. The number of carbonyl (C=O) groups is 1. The van der Waals surface area contributed by atoms with E-state index in [0.29, 0.717) is 6.67 Å². The van der Waals surface area contributed by atoms with Crippen molar-refractivity contribution in [3.8, 4) is 0 Å². The Morgan fingerprint density at radius 2 is 2.14 bits per heavy atom. The molecule has 1 heterocycles. The van der Waals surface area contributed by atoms with Gasteiger partial charge in [0.2, 0.25) is 6.67 Å². The van der Waals surface area contributed by atoms with Gasteiger partial charge >= 0.3 is 5.91 Å². The third-order valence-corrected chi connectivity index (χ3v) is 2.41. The number of carbonyl (C=O) groups excluding carboxylic acids is 1. The molecule has 1 aromatic rings. The van der Waals surface area contributed by atoms with E-state index in [1.807, 2.05) is 31.5 Å². The van der Waals surface area contributed by atoms with Crippen molar-refractivity contribution in [1.82, 2.24) is 0 Å². The molecular formula is C11H13N2O+. The molecule has 0 saturated carbocycles. The third kappa shape index (κ3) is 1.41. The quantitative estimate of drug-likeness (QED) is 0.570. The van der Waals surface area contributed by atoms with Crippen LogP contribution in [0.4, 0.5) is 5.69 Å². The van der Waals surface area contributed by atoms with Gasteiger partial charge in [0, 0.05) is 7.05 Å². The maximum Gasteiger partial charge on any atom is 0.385 e. The minimum absolute atomic E-state index is 0.0753. The monoisotopic (exact) mass is 189 g/mol. The van der Waals surface area contributed by atoms with Crippen LogP contribution in [0.25, 0.3) is 0 Å². The summed E-state index contributed by atoms with van der Waals surface area (Å²) in [5, 5.41) is 0. The Morgan fingerprint density at radius 3 is 2.86 bits per heavy atom. The first-order chi connectivity index (χ1) is 6.68. The molecule has 1 amide bonds. The van der Waals surface area contributed by atoms with Crippen molar-refractivity contribution in [1.29, 1.82) is 0 Å². The summed E-state index contributed by atoms with van der Waals surface area (Å²) < 4.78 is 1.71. The average Bonchev–Trinajstić information content (AvgIpc) is 2.17. The SMILES string of the molecule is CC(=O)[N+]1=Cc2ccccc2N(C)C1. The number of para-hydroxylation sites is 1. The van der Waals surface area contributed by atoms with Crippen molar-refractivity contribution < 1.29 is 9.37 Å². The van der Waals surface area contributed by atoms with Gasteiger partial charge in [-0.15, -0.1) is 4.58 Å². The zero-order valence-electron chi connectivity index (χ0n) is 8.40. The van der Waals surface area contributed by atoms with E-state index in [1.54, 1.807) is 11.5 Å². The van der Waals surface area contributed by atoms with Crippen molar-refractivity contribution in [3.63, 3.8) is 0 Å². The standard InChI is InChI=1S/C11H13N2O/c1-9(14)13-7-10-5-3-4-6-11(10)12(2)8-13/h3-7H,8H2,1-2H3/q+1. The van der Waals surface area contributed by atoms with E-state index in [1.165, 1.54) is 5.69 Å². The fraction of sp³-hybridized carbons (Fsp3) is 0.273. The Kier molecular flexibility index (Phi) is 2.08. The number of amides is 1. The highest BCUT2D eigenvalue weighted by Crippen LogP contribution is 2.19. The van der Waals surface area contributed by atoms with Gasteiger partial charge in [-0.2, -0.15) is 0 Å². The maximum atomic E-state index is 11.2. The summed E-state index contributed by atoms with van der Waals surface area (Å²) in [6.07, 6.45) is 1.90. The number of anilines is 1. The second-order valence-electron chi connectivity index (χ2n) is 3.52. The Hall–Kier alpha value is -1.64. The lowest BCUT2D eigenvalue weighted by atomic mass is 10.1. The third-order valence-electron chi connectivity index (χ3n) is 2.41. The molecule has 0 fully saturated rings. The summed E-state index contributed by atoms with van der Waals surface area (Å²) in [5.74, 6) is 0.0753. The molecular weight excluding hydrogens is 176 g/mol. The van der Waals surface area contributed by atoms with Gasteiger partial charge in [-0.1, -0.05) is 12.1 Å². The molecule has 14 heavy (non-hydrogen) atoms. The predicted octanol–water partition coefficient (Wildman–Crippen LogP) is 1.07. The van der Waals surface area contributed by atoms with E-state index in [-0.39, 0.29) is 5.91 Å². The molecule has 1 aliphatic heterocycles. The summed E-state index contributed by atoms with van der Waals surface area (Å²) in [5.41, 5.74) is 2.27. The topological polar surface area (TPSA) is 23.3 Å². The smallest absolute Gasteiger partial charge is 0.319 e.